The Kier molecular flexibility index (Phi) is 6.40. The van der Waals surface area contributed by atoms with Gasteiger partial charge in [0.2, 0.25) is 5.91 Å². The van der Waals surface area contributed by atoms with Crippen molar-refractivity contribution in [2.75, 3.05) is 11.9 Å². The maximum atomic E-state index is 11.7. The van der Waals surface area contributed by atoms with Crippen molar-refractivity contribution in [3.63, 3.8) is 0 Å². The Morgan fingerprint density at radius 1 is 1.23 bits per heavy atom. The van der Waals surface area contributed by atoms with E-state index in [9.17, 15) is 9.59 Å². The van der Waals surface area contributed by atoms with E-state index in [2.05, 4.69) is 5.32 Å². The summed E-state index contributed by atoms with van der Waals surface area (Å²) in [6.45, 7) is 1.64. The van der Waals surface area contributed by atoms with Crippen molar-refractivity contribution in [1.82, 2.24) is 0 Å². The summed E-state index contributed by atoms with van der Waals surface area (Å²) in [5.41, 5.74) is 1.52. The second-order valence-electron chi connectivity index (χ2n) is 5.61. The molecule has 22 heavy (non-hydrogen) atoms. The first-order valence-electron chi connectivity index (χ1n) is 7.77. The molecule has 1 aromatic rings. The van der Waals surface area contributed by atoms with E-state index in [4.69, 9.17) is 9.47 Å². The average molecular weight is 305 g/mol. The zero-order valence-electron chi connectivity index (χ0n) is 13.0. The number of ether oxygens (including phenoxy) is 2. The number of carbonyl (C=O) groups is 2. The molecule has 1 fully saturated rings. The van der Waals surface area contributed by atoms with Gasteiger partial charge in [-0.2, -0.15) is 0 Å². The van der Waals surface area contributed by atoms with Crippen molar-refractivity contribution in [2.45, 2.75) is 51.7 Å². The first-order valence-corrected chi connectivity index (χ1v) is 7.77. The molecular formula is C17H23NO4. The summed E-state index contributed by atoms with van der Waals surface area (Å²) in [5.74, 6) is -0.481. The van der Waals surface area contributed by atoms with Crippen molar-refractivity contribution in [3.8, 4) is 0 Å². The van der Waals surface area contributed by atoms with Gasteiger partial charge in [-0.05, 0) is 30.5 Å². The number of nitrogens with one attached hydrogen (secondary N) is 1. The van der Waals surface area contributed by atoms with Crippen molar-refractivity contribution in [2.24, 2.45) is 0 Å². The minimum absolute atomic E-state index is 0.00997. The van der Waals surface area contributed by atoms with Gasteiger partial charge in [-0.15, -0.1) is 0 Å². The molecule has 120 valence electrons. The van der Waals surface area contributed by atoms with Gasteiger partial charge in [-0.1, -0.05) is 31.4 Å². The van der Waals surface area contributed by atoms with E-state index >= 15 is 0 Å². The van der Waals surface area contributed by atoms with Gasteiger partial charge < -0.3 is 14.8 Å². The molecule has 2 rings (SSSR count). The number of benzene rings is 1. The van der Waals surface area contributed by atoms with E-state index in [1.54, 1.807) is 12.1 Å². The minimum atomic E-state index is -0.351. The van der Waals surface area contributed by atoms with Crippen LogP contribution in [-0.2, 0) is 25.7 Å². The summed E-state index contributed by atoms with van der Waals surface area (Å²) >= 11 is 0. The molecule has 1 aliphatic carbocycles. The molecule has 1 aliphatic rings. The van der Waals surface area contributed by atoms with Crippen molar-refractivity contribution < 1.29 is 19.1 Å². The molecule has 0 radical (unpaired) electrons. The van der Waals surface area contributed by atoms with Crippen LogP contribution in [-0.4, -0.2) is 24.6 Å². The van der Waals surface area contributed by atoms with Crippen LogP contribution in [0.2, 0.25) is 0 Å². The van der Waals surface area contributed by atoms with Crippen LogP contribution in [0.4, 0.5) is 5.69 Å². The Hall–Kier alpha value is -1.88. The van der Waals surface area contributed by atoms with Gasteiger partial charge in [0, 0.05) is 12.6 Å². The highest BCUT2D eigenvalue weighted by atomic mass is 16.6. The fraction of sp³-hybridized carbons (Fsp3) is 0.529. The van der Waals surface area contributed by atoms with Crippen molar-refractivity contribution in [3.05, 3.63) is 29.8 Å². The normalized spacial score (nSPS) is 15.3. The lowest BCUT2D eigenvalue weighted by Gasteiger charge is -2.21. The Morgan fingerprint density at radius 2 is 2.00 bits per heavy atom. The Balaban J connectivity index is 1.72. The zero-order chi connectivity index (χ0) is 15.8. The van der Waals surface area contributed by atoms with Crippen LogP contribution in [0, 0.1) is 0 Å². The summed E-state index contributed by atoms with van der Waals surface area (Å²) in [6, 6.07) is 7.24. The van der Waals surface area contributed by atoms with E-state index in [1.165, 1.54) is 26.2 Å². The molecule has 1 aromatic carbocycles. The highest BCUT2D eigenvalue weighted by Crippen LogP contribution is 2.20. The molecule has 0 saturated heterocycles. The lowest BCUT2D eigenvalue weighted by atomic mass is 9.98. The van der Waals surface area contributed by atoms with Crippen LogP contribution in [0.3, 0.4) is 0 Å². The number of anilines is 1. The molecule has 0 aromatic heterocycles. The second-order valence-corrected chi connectivity index (χ2v) is 5.61. The number of carbonyl (C=O) groups excluding carboxylic acids is 2. The predicted octanol–water partition coefficient (Wildman–Crippen LogP) is 3.04. The second kappa shape index (κ2) is 8.54. The third kappa shape index (κ3) is 5.85. The number of amides is 1. The van der Waals surface area contributed by atoms with Crippen molar-refractivity contribution in [1.29, 1.82) is 0 Å². The summed E-state index contributed by atoms with van der Waals surface area (Å²) in [6.07, 6.45) is 5.88. The van der Waals surface area contributed by atoms with Crippen LogP contribution >= 0.6 is 0 Å². The number of hydrogen-bond acceptors (Lipinski definition) is 4. The molecule has 5 nitrogen and oxygen atoms in total. The van der Waals surface area contributed by atoms with Gasteiger partial charge in [0.1, 0.15) is 13.2 Å². The predicted molar refractivity (Wildman–Crippen MR) is 83.4 cm³/mol. The summed E-state index contributed by atoms with van der Waals surface area (Å²) in [7, 11) is 0. The van der Waals surface area contributed by atoms with E-state index in [1.807, 2.05) is 12.1 Å². The molecule has 0 spiro atoms. The fourth-order valence-corrected chi connectivity index (χ4v) is 2.57. The monoisotopic (exact) mass is 305 g/mol. The molecule has 0 unspecified atom stereocenters. The first kappa shape index (κ1) is 16.5. The van der Waals surface area contributed by atoms with Crippen molar-refractivity contribution >= 4 is 17.6 Å². The van der Waals surface area contributed by atoms with Crippen LogP contribution in [0.15, 0.2) is 24.3 Å². The van der Waals surface area contributed by atoms with E-state index in [0.29, 0.717) is 5.69 Å². The van der Waals surface area contributed by atoms with Crippen LogP contribution in [0.1, 0.15) is 44.6 Å². The standard InChI is InChI=1S/C17H23NO4/c1-13(19)18-15-7-5-6-14(10-15)11-22-17(20)12-21-16-8-3-2-4-9-16/h5-7,10,16H,2-4,8-9,11-12H2,1H3,(H,18,19). The largest absolute Gasteiger partial charge is 0.459 e. The third-order valence-electron chi connectivity index (χ3n) is 3.64. The molecule has 1 N–H and O–H groups in total. The Bertz CT molecular complexity index is 509. The zero-order valence-corrected chi connectivity index (χ0v) is 13.0. The number of esters is 1. The first-order chi connectivity index (χ1) is 10.6. The molecule has 0 heterocycles. The fourth-order valence-electron chi connectivity index (χ4n) is 2.57. The topological polar surface area (TPSA) is 64.6 Å². The quantitative estimate of drug-likeness (QED) is 0.820. The molecule has 1 saturated carbocycles. The molecule has 5 heteroatoms. The number of hydrogen-bond donors (Lipinski definition) is 1. The Labute approximate surface area is 131 Å². The van der Waals surface area contributed by atoms with Gasteiger partial charge >= 0.3 is 5.97 Å². The third-order valence-corrected chi connectivity index (χ3v) is 3.64. The number of rotatable bonds is 6. The lowest BCUT2D eigenvalue weighted by Crippen LogP contribution is -2.22. The maximum absolute atomic E-state index is 11.7. The summed E-state index contributed by atoms with van der Waals surface area (Å²) in [5, 5.41) is 2.70. The van der Waals surface area contributed by atoms with Gasteiger partial charge in [0.05, 0.1) is 6.10 Å². The highest BCUT2D eigenvalue weighted by Gasteiger charge is 2.15. The van der Waals surface area contributed by atoms with E-state index in [0.717, 1.165) is 18.4 Å². The van der Waals surface area contributed by atoms with Crippen LogP contribution in [0.25, 0.3) is 0 Å². The summed E-state index contributed by atoms with van der Waals surface area (Å²) < 4.78 is 10.8. The lowest BCUT2D eigenvalue weighted by molar-refractivity contribution is -0.153. The molecule has 0 atom stereocenters. The molecule has 0 aliphatic heterocycles. The van der Waals surface area contributed by atoms with E-state index in [-0.39, 0.29) is 31.2 Å². The average Bonchev–Trinajstić information content (AvgIpc) is 2.52. The highest BCUT2D eigenvalue weighted by molar-refractivity contribution is 5.88. The van der Waals surface area contributed by atoms with Gasteiger partial charge in [0.25, 0.3) is 0 Å². The smallest absolute Gasteiger partial charge is 0.332 e. The van der Waals surface area contributed by atoms with E-state index < -0.39 is 0 Å². The Morgan fingerprint density at radius 3 is 2.73 bits per heavy atom. The summed E-state index contributed by atoms with van der Waals surface area (Å²) in [4.78, 5) is 22.7. The van der Waals surface area contributed by atoms with Gasteiger partial charge in [-0.25, -0.2) is 4.79 Å². The molecule has 0 bridgehead atoms. The SMILES string of the molecule is CC(=O)Nc1cccc(COC(=O)COC2CCCCC2)c1. The minimum Gasteiger partial charge on any atom is -0.459 e. The maximum Gasteiger partial charge on any atom is 0.332 e. The van der Waals surface area contributed by atoms with Crippen LogP contribution in [0.5, 0.6) is 0 Å². The van der Waals surface area contributed by atoms with Crippen LogP contribution < -0.4 is 5.32 Å². The molecular weight excluding hydrogens is 282 g/mol. The molecule has 1 amide bonds. The van der Waals surface area contributed by atoms with Gasteiger partial charge in [0.15, 0.2) is 0 Å². The van der Waals surface area contributed by atoms with Gasteiger partial charge in [-0.3, -0.25) is 4.79 Å².